The van der Waals surface area contributed by atoms with Crippen molar-refractivity contribution in [3.05, 3.63) is 59.8 Å². The Hall–Kier alpha value is -3.37. The number of aromatic nitrogens is 1. The van der Waals surface area contributed by atoms with Gasteiger partial charge in [0.2, 0.25) is 10.0 Å². The molecule has 0 saturated carbocycles. The summed E-state index contributed by atoms with van der Waals surface area (Å²) >= 11 is 0. The molecule has 0 radical (unpaired) electrons. The summed E-state index contributed by atoms with van der Waals surface area (Å²) in [5, 5.41) is 5.78. The Kier molecular flexibility index (Phi) is 4.84. The molecule has 0 unspecified atom stereocenters. The summed E-state index contributed by atoms with van der Waals surface area (Å²) in [7, 11) is -2.68. The van der Waals surface area contributed by atoms with E-state index in [-0.39, 0.29) is 16.2 Å². The van der Waals surface area contributed by atoms with Crippen LogP contribution >= 0.6 is 0 Å². The number of aromatic amines is 1. The normalized spacial score (nSPS) is 11.2. The largest absolute Gasteiger partial charge is 0.496 e. The van der Waals surface area contributed by atoms with Gasteiger partial charge in [-0.15, -0.1) is 0 Å². The molecule has 1 aromatic heterocycles. The maximum atomic E-state index is 12.4. The smallest absolute Gasteiger partial charge is 0.273 e. The second-order valence-electron chi connectivity index (χ2n) is 5.56. The first-order valence-corrected chi connectivity index (χ1v) is 9.23. The second kappa shape index (κ2) is 7.09. The minimum atomic E-state index is -4.00. The van der Waals surface area contributed by atoms with Crippen LogP contribution in [0.3, 0.4) is 0 Å². The molecule has 0 fully saturated rings. The van der Waals surface area contributed by atoms with Crippen molar-refractivity contribution in [1.29, 1.82) is 0 Å². The van der Waals surface area contributed by atoms with Crippen LogP contribution < -0.4 is 20.7 Å². The molecule has 10 heteroatoms. The molecule has 27 heavy (non-hydrogen) atoms. The van der Waals surface area contributed by atoms with Gasteiger partial charge in [0, 0.05) is 17.1 Å². The van der Waals surface area contributed by atoms with E-state index in [0.717, 1.165) is 11.6 Å². The summed E-state index contributed by atoms with van der Waals surface area (Å²) < 4.78 is 28.0. The van der Waals surface area contributed by atoms with E-state index in [0.29, 0.717) is 10.9 Å². The lowest BCUT2D eigenvalue weighted by Gasteiger charge is -2.11. The van der Waals surface area contributed by atoms with Crippen LogP contribution in [0.4, 0.5) is 0 Å². The topological polar surface area (TPSA) is 143 Å². The number of primary sulfonamides is 1. The summed E-state index contributed by atoms with van der Waals surface area (Å²) in [6, 6.07) is 10.8. The Labute approximate surface area is 154 Å². The van der Waals surface area contributed by atoms with Gasteiger partial charge >= 0.3 is 0 Å². The molecule has 0 saturated heterocycles. The number of hydrogen-bond acceptors (Lipinski definition) is 5. The van der Waals surface area contributed by atoms with Crippen LogP contribution in [0, 0.1) is 0 Å². The van der Waals surface area contributed by atoms with Crippen LogP contribution in [0.25, 0.3) is 10.9 Å². The first-order chi connectivity index (χ1) is 12.8. The predicted molar refractivity (Wildman–Crippen MR) is 97.6 cm³/mol. The summed E-state index contributed by atoms with van der Waals surface area (Å²) in [5.74, 6) is -1.17. The summed E-state index contributed by atoms with van der Waals surface area (Å²) in [5.41, 5.74) is 5.55. The van der Waals surface area contributed by atoms with Gasteiger partial charge < -0.3 is 9.72 Å². The number of carbonyl (C=O) groups excluding carboxylic acids is 2. The highest BCUT2D eigenvalue weighted by Gasteiger charge is 2.19. The van der Waals surface area contributed by atoms with Crippen molar-refractivity contribution in [3.63, 3.8) is 0 Å². The first kappa shape index (κ1) is 18.4. The van der Waals surface area contributed by atoms with Crippen LogP contribution in [0.1, 0.15) is 20.7 Å². The first-order valence-electron chi connectivity index (χ1n) is 7.69. The van der Waals surface area contributed by atoms with Crippen LogP contribution in [0.5, 0.6) is 5.75 Å². The highest BCUT2D eigenvalue weighted by atomic mass is 32.2. The maximum absolute atomic E-state index is 12.4. The molecule has 2 amide bonds. The number of carbonyl (C=O) groups is 2. The molecule has 9 nitrogen and oxygen atoms in total. The third-order valence-corrected chi connectivity index (χ3v) is 4.78. The Morgan fingerprint density at radius 2 is 1.70 bits per heavy atom. The van der Waals surface area contributed by atoms with E-state index in [4.69, 9.17) is 9.88 Å². The third kappa shape index (κ3) is 3.76. The molecular formula is C17H16N4O5S. The predicted octanol–water partition coefficient (Wildman–Crippen LogP) is 0.899. The Bertz CT molecular complexity index is 1140. The number of sulfonamides is 1. The number of ether oxygens (including phenoxy) is 1. The monoisotopic (exact) mass is 388 g/mol. The standard InChI is InChI=1S/C17H16N4O5S/c1-26-15-7-6-10(27(18,24)25)8-12(15)16(22)20-21-17(23)13-9-19-14-5-3-2-4-11(13)14/h2-9,19H,1H3,(H,20,22)(H,21,23)(H2,18,24,25). The number of H-pyrrole nitrogens is 1. The Morgan fingerprint density at radius 3 is 2.37 bits per heavy atom. The van der Waals surface area contributed by atoms with E-state index in [2.05, 4.69) is 15.8 Å². The van der Waals surface area contributed by atoms with Crippen molar-refractivity contribution >= 4 is 32.7 Å². The zero-order valence-corrected chi connectivity index (χ0v) is 15.0. The third-order valence-electron chi connectivity index (χ3n) is 3.87. The summed E-state index contributed by atoms with van der Waals surface area (Å²) in [6.45, 7) is 0. The van der Waals surface area contributed by atoms with E-state index in [1.807, 2.05) is 12.1 Å². The van der Waals surface area contributed by atoms with E-state index in [1.54, 1.807) is 12.1 Å². The van der Waals surface area contributed by atoms with E-state index in [9.17, 15) is 18.0 Å². The van der Waals surface area contributed by atoms with Crippen molar-refractivity contribution in [2.24, 2.45) is 5.14 Å². The van der Waals surface area contributed by atoms with Crippen molar-refractivity contribution in [3.8, 4) is 5.75 Å². The van der Waals surface area contributed by atoms with Crippen LogP contribution in [-0.4, -0.2) is 32.3 Å². The number of nitrogens with two attached hydrogens (primary N) is 1. The maximum Gasteiger partial charge on any atom is 0.273 e. The molecular weight excluding hydrogens is 372 g/mol. The fraction of sp³-hybridized carbons (Fsp3) is 0.0588. The van der Waals surface area contributed by atoms with Gasteiger partial charge in [0.25, 0.3) is 11.8 Å². The Balaban J connectivity index is 1.80. The quantitative estimate of drug-likeness (QED) is 0.491. The van der Waals surface area contributed by atoms with Crippen molar-refractivity contribution < 1.29 is 22.7 Å². The van der Waals surface area contributed by atoms with Gasteiger partial charge in [0.05, 0.1) is 23.1 Å². The molecule has 0 atom stereocenters. The number of para-hydroxylation sites is 1. The van der Waals surface area contributed by atoms with E-state index < -0.39 is 21.8 Å². The number of amides is 2. The van der Waals surface area contributed by atoms with Gasteiger partial charge in [-0.3, -0.25) is 20.4 Å². The van der Waals surface area contributed by atoms with Gasteiger partial charge in [-0.25, -0.2) is 13.6 Å². The van der Waals surface area contributed by atoms with Crippen molar-refractivity contribution in [2.45, 2.75) is 4.90 Å². The number of benzene rings is 2. The molecule has 5 N–H and O–H groups in total. The Morgan fingerprint density at radius 1 is 1.04 bits per heavy atom. The van der Waals surface area contributed by atoms with Gasteiger partial charge in [0.1, 0.15) is 5.75 Å². The van der Waals surface area contributed by atoms with E-state index in [1.165, 1.54) is 25.4 Å². The fourth-order valence-electron chi connectivity index (χ4n) is 2.55. The minimum Gasteiger partial charge on any atom is -0.496 e. The number of hydrogen-bond donors (Lipinski definition) is 4. The number of nitrogens with one attached hydrogen (secondary N) is 3. The molecule has 140 valence electrons. The molecule has 0 aliphatic heterocycles. The van der Waals surface area contributed by atoms with E-state index >= 15 is 0 Å². The van der Waals surface area contributed by atoms with Crippen molar-refractivity contribution in [2.75, 3.05) is 7.11 Å². The van der Waals surface area contributed by atoms with Crippen LogP contribution in [-0.2, 0) is 10.0 Å². The molecule has 0 bridgehead atoms. The lowest BCUT2D eigenvalue weighted by Crippen LogP contribution is -2.41. The zero-order chi connectivity index (χ0) is 19.6. The number of methoxy groups -OCH3 is 1. The van der Waals surface area contributed by atoms with Crippen LogP contribution in [0.2, 0.25) is 0 Å². The zero-order valence-electron chi connectivity index (χ0n) is 14.1. The molecule has 3 rings (SSSR count). The van der Waals surface area contributed by atoms with Crippen LogP contribution in [0.15, 0.2) is 53.6 Å². The SMILES string of the molecule is COc1ccc(S(N)(=O)=O)cc1C(=O)NNC(=O)c1c[nH]c2ccccc12. The molecule has 0 aliphatic rings. The van der Waals surface area contributed by atoms with Gasteiger partial charge in [-0.05, 0) is 24.3 Å². The number of fused-ring (bicyclic) bond motifs is 1. The van der Waals surface area contributed by atoms with Gasteiger partial charge in [0.15, 0.2) is 0 Å². The number of hydrazine groups is 1. The highest BCUT2D eigenvalue weighted by Crippen LogP contribution is 2.22. The average Bonchev–Trinajstić information content (AvgIpc) is 3.08. The molecule has 0 aliphatic carbocycles. The fourth-order valence-corrected chi connectivity index (χ4v) is 3.09. The summed E-state index contributed by atoms with van der Waals surface area (Å²) in [6.07, 6.45) is 1.52. The average molecular weight is 388 g/mol. The second-order valence-corrected chi connectivity index (χ2v) is 7.12. The van der Waals surface area contributed by atoms with Gasteiger partial charge in [-0.1, -0.05) is 18.2 Å². The number of rotatable bonds is 4. The van der Waals surface area contributed by atoms with Crippen molar-refractivity contribution in [1.82, 2.24) is 15.8 Å². The molecule has 3 aromatic rings. The highest BCUT2D eigenvalue weighted by molar-refractivity contribution is 7.89. The molecule has 0 spiro atoms. The van der Waals surface area contributed by atoms with Gasteiger partial charge in [-0.2, -0.15) is 0 Å². The lowest BCUT2D eigenvalue weighted by molar-refractivity contribution is 0.0845. The minimum absolute atomic E-state index is 0.0942. The summed E-state index contributed by atoms with van der Waals surface area (Å²) in [4.78, 5) is 27.4. The molecule has 1 heterocycles. The molecule has 2 aromatic carbocycles. The lowest BCUT2D eigenvalue weighted by atomic mass is 10.1.